The quantitative estimate of drug-likeness (QED) is 0.762. The van der Waals surface area contributed by atoms with Gasteiger partial charge in [-0.3, -0.25) is 0 Å². The van der Waals surface area contributed by atoms with E-state index in [1.807, 2.05) is 0 Å². The van der Waals surface area contributed by atoms with Crippen LogP contribution in [0.5, 0.6) is 0 Å². The van der Waals surface area contributed by atoms with Gasteiger partial charge in [0.25, 0.3) is 10.0 Å². The van der Waals surface area contributed by atoms with Crippen molar-refractivity contribution in [1.29, 1.82) is 0 Å². The van der Waals surface area contributed by atoms with Crippen molar-refractivity contribution in [3.8, 4) is 0 Å². The molecule has 3 N–H and O–H groups in total. The first kappa shape index (κ1) is 17.9. The molecule has 7 nitrogen and oxygen atoms in total. The Morgan fingerprint density at radius 2 is 2.16 bits per heavy atom. The van der Waals surface area contributed by atoms with Crippen LogP contribution in [0.15, 0.2) is 15.6 Å². The van der Waals surface area contributed by atoms with Crippen LogP contribution in [0.3, 0.4) is 0 Å². The van der Waals surface area contributed by atoms with Crippen molar-refractivity contribution in [2.24, 2.45) is 5.73 Å². The molecule has 0 saturated heterocycles. The number of furan rings is 1. The molecule has 0 radical (unpaired) electrons. The molecule has 0 saturated carbocycles. The number of halogens is 1. The molecule has 110 valence electrons. The molecule has 0 aromatic carbocycles. The van der Waals surface area contributed by atoms with Crippen molar-refractivity contribution >= 4 is 28.4 Å². The van der Waals surface area contributed by atoms with Crippen LogP contribution in [-0.4, -0.2) is 34.1 Å². The highest BCUT2D eigenvalue weighted by molar-refractivity contribution is 7.89. The molecule has 0 unspecified atom stereocenters. The second-order valence-corrected chi connectivity index (χ2v) is 5.43. The third-order valence-corrected chi connectivity index (χ3v) is 3.72. The van der Waals surface area contributed by atoms with Gasteiger partial charge in [-0.2, -0.15) is 0 Å². The molecule has 9 heteroatoms. The lowest BCUT2D eigenvalue weighted by Gasteiger charge is -2.09. The molecule has 1 rings (SSSR count). The van der Waals surface area contributed by atoms with Crippen LogP contribution in [0.4, 0.5) is 0 Å². The van der Waals surface area contributed by atoms with Gasteiger partial charge in [0, 0.05) is 18.7 Å². The summed E-state index contributed by atoms with van der Waals surface area (Å²) < 4.78 is 35.6. The van der Waals surface area contributed by atoms with Crippen LogP contribution < -0.4 is 10.5 Å². The summed E-state index contributed by atoms with van der Waals surface area (Å²) in [5.74, 6) is -0.466. The summed E-state index contributed by atoms with van der Waals surface area (Å²) >= 11 is 0. The number of hydrogen-bond donors (Lipinski definition) is 2. The van der Waals surface area contributed by atoms with E-state index in [0.29, 0.717) is 0 Å². The fraction of sp³-hybridized carbons (Fsp3) is 0.500. The van der Waals surface area contributed by atoms with Gasteiger partial charge in [-0.25, -0.2) is 17.9 Å². The van der Waals surface area contributed by atoms with Crippen LogP contribution in [-0.2, 0) is 14.8 Å². The number of ether oxygens (including phenoxy) is 1. The van der Waals surface area contributed by atoms with Gasteiger partial charge < -0.3 is 14.9 Å². The molecular formula is C10H17ClN2O5S. The third-order valence-electron chi connectivity index (χ3n) is 2.28. The van der Waals surface area contributed by atoms with Crippen molar-refractivity contribution in [3.05, 3.63) is 17.4 Å². The van der Waals surface area contributed by atoms with Crippen LogP contribution in [0.1, 0.15) is 23.0 Å². The van der Waals surface area contributed by atoms with E-state index in [1.54, 1.807) is 6.92 Å². The van der Waals surface area contributed by atoms with Gasteiger partial charge >= 0.3 is 5.97 Å². The largest absolute Gasteiger partial charge is 0.465 e. The smallest absolute Gasteiger partial charge is 0.341 e. The van der Waals surface area contributed by atoms with Gasteiger partial charge in [0.1, 0.15) is 11.3 Å². The molecule has 19 heavy (non-hydrogen) atoms. The zero-order valence-corrected chi connectivity index (χ0v) is 12.4. The van der Waals surface area contributed by atoms with Gasteiger partial charge in [0.2, 0.25) is 5.09 Å². The molecule has 0 aliphatic carbocycles. The van der Waals surface area contributed by atoms with E-state index in [4.69, 9.17) is 10.2 Å². The lowest BCUT2D eigenvalue weighted by molar-refractivity contribution is 0.0599. The molecule has 1 aromatic heterocycles. The van der Waals surface area contributed by atoms with E-state index < -0.39 is 22.0 Å². The summed E-state index contributed by atoms with van der Waals surface area (Å²) in [6, 6.07) is 0.703. The second-order valence-electron chi connectivity index (χ2n) is 3.78. The first-order chi connectivity index (χ1) is 8.31. The Hall–Kier alpha value is -1.09. The van der Waals surface area contributed by atoms with Crippen molar-refractivity contribution < 1.29 is 22.4 Å². The molecule has 1 aromatic rings. The lowest BCUT2D eigenvalue weighted by atomic mass is 10.3. The number of nitrogens with two attached hydrogens (primary N) is 1. The maximum absolute atomic E-state index is 11.9. The lowest BCUT2D eigenvalue weighted by Crippen LogP contribution is -2.37. The number of hydrogen-bond acceptors (Lipinski definition) is 6. The first-order valence-corrected chi connectivity index (χ1v) is 6.71. The van der Waals surface area contributed by atoms with Gasteiger partial charge in [-0.1, -0.05) is 0 Å². The molecule has 1 heterocycles. The highest BCUT2D eigenvalue weighted by atomic mass is 35.5. The second kappa shape index (κ2) is 6.90. The Bertz CT molecular complexity index is 540. The van der Waals surface area contributed by atoms with E-state index in [0.717, 1.165) is 6.07 Å². The summed E-state index contributed by atoms with van der Waals surface area (Å²) in [4.78, 5) is 11.3. The van der Waals surface area contributed by atoms with E-state index in [1.165, 1.54) is 14.0 Å². The monoisotopic (exact) mass is 312 g/mol. The number of rotatable bonds is 5. The van der Waals surface area contributed by atoms with Crippen LogP contribution >= 0.6 is 12.4 Å². The Labute approximate surface area is 117 Å². The average molecular weight is 313 g/mol. The number of methoxy groups -OCH3 is 1. The van der Waals surface area contributed by atoms with E-state index >= 15 is 0 Å². The van der Waals surface area contributed by atoms with Crippen molar-refractivity contribution in [2.45, 2.75) is 25.0 Å². The summed E-state index contributed by atoms with van der Waals surface area (Å²) in [6.07, 6.45) is 0. The number of esters is 1. The SMILES string of the molecule is COC(=O)c1cc(S(=O)(=O)N[C@@H](C)CN)oc1C.Cl. The van der Waals surface area contributed by atoms with Crippen LogP contribution in [0.25, 0.3) is 0 Å². The molecular weight excluding hydrogens is 296 g/mol. The van der Waals surface area contributed by atoms with Crippen LogP contribution in [0, 0.1) is 6.92 Å². The number of carbonyl (C=O) groups is 1. The Morgan fingerprint density at radius 3 is 2.63 bits per heavy atom. The highest BCUT2D eigenvalue weighted by Crippen LogP contribution is 2.19. The average Bonchev–Trinajstić information content (AvgIpc) is 2.70. The van der Waals surface area contributed by atoms with Crippen molar-refractivity contribution in [1.82, 2.24) is 4.72 Å². The standard InChI is InChI=1S/C10H16N2O5S.ClH/c1-6(5-11)12-18(14,15)9-4-8(7(2)17-9)10(13)16-3;/h4,6,12H,5,11H2,1-3H3;1H/t6-;/m0./s1. The molecule has 0 aliphatic rings. The Kier molecular flexibility index (Phi) is 6.50. The van der Waals surface area contributed by atoms with Crippen LogP contribution in [0.2, 0.25) is 0 Å². The zero-order valence-electron chi connectivity index (χ0n) is 10.8. The molecule has 0 fully saturated rings. The fourth-order valence-corrected chi connectivity index (χ4v) is 2.52. The zero-order chi connectivity index (χ0) is 13.9. The normalized spacial score (nSPS) is 12.6. The fourth-order valence-electron chi connectivity index (χ4n) is 1.27. The molecule has 0 spiro atoms. The predicted octanol–water partition coefficient (Wildman–Crippen LogP) is 0.422. The van der Waals surface area contributed by atoms with E-state index in [-0.39, 0.29) is 35.4 Å². The maximum Gasteiger partial charge on any atom is 0.341 e. The summed E-state index contributed by atoms with van der Waals surface area (Å²) in [5.41, 5.74) is 5.41. The minimum atomic E-state index is -3.82. The minimum Gasteiger partial charge on any atom is -0.465 e. The van der Waals surface area contributed by atoms with Gasteiger partial charge in [-0.15, -0.1) is 12.4 Å². The molecule has 0 bridgehead atoms. The Morgan fingerprint density at radius 1 is 1.58 bits per heavy atom. The Balaban J connectivity index is 0.00000324. The van der Waals surface area contributed by atoms with Gasteiger partial charge in [-0.05, 0) is 13.8 Å². The van der Waals surface area contributed by atoms with Gasteiger partial charge in [0.05, 0.1) is 7.11 Å². The van der Waals surface area contributed by atoms with Crippen molar-refractivity contribution in [2.75, 3.05) is 13.7 Å². The number of sulfonamides is 1. The van der Waals surface area contributed by atoms with Gasteiger partial charge in [0.15, 0.2) is 0 Å². The molecule has 0 aliphatic heterocycles. The summed E-state index contributed by atoms with van der Waals surface area (Å²) in [7, 11) is -2.61. The highest BCUT2D eigenvalue weighted by Gasteiger charge is 2.25. The topological polar surface area (TPSA) is 112 Å². The third kappa shape index (κ3) is 4.20. The number of carbonyl (C=O) groups excluding carboxylic acids is 1. The van der Waals surface area contributed by atoms with E-state index in [9.17, 15) is 13.2 Å². The van der Waals surface area contributed by atoms with Crippen molar-refractivity contribution in [3.63, 3.8) is 0 Å². The predicted molar refractivity (Wildman–Crippen MR) is 70.9 cm³/mol. The number of aryl methyl sites for hydroxylation is 1. The summed E-state index contributed by atoms with van der Waals surface area (Å²) in [6.45, 7) is 3.26. The molecule has 1 atom stereocenters. The molecule has 0 amide bonds. The van der Waals surface area contributed by atoms with E-state index in [2.05, 4.69) is 9.46 Å². The first-order valence-electron chi connectivity index (χ1n) is 5.23. The number of nitrogens with one attached hydrogen (secondary N) is 1. The maximum atomic E-state index is 11.9. The summed E-state index contributed by atoms with van der Waals surface area (Å²) in [5, 5.41) is -0.333. The minimum absolute atomic E-state index is 0.